The van der Waals surface area contributed by atoms with E-state index in [0.717, 1.165) is 5.56 Å². The van der Waals surface area contributed by atoms with Gasteiger partial charge in [0.25, 0.3) is 0 Å². The molecule has 5 nitrogen and oxygen atoms in total. The Morgan fingerprint density at radius 1 is 1.24 bits per heavy atom. The van der Waals surface area contributed by atoms with Gasteiger partial charge in [-0.05, 0) is 56.3 Å². The minimum absolute atomic E-state index is 0.154. The van der Waals surface area contributed by atoms with Crippen molar-refractivity contribution in [3.8, 4) is 17.6 Å². The Labute approximate surface area is 146 Å². The van der Waals surface area contributed by atoms with Crippen molar-refractivity contribution < 1.29 is 14.3 Å². The number of carbonyl (C=O) groups excluding carboxylic acids is 1. The molecule has 1 aliphatic rings. The smallest absolute Gasteiger partial charge is 0.187 e. The number of fused-ring (bicyclic) bond motifs is 1. The molecular formula is C20H18N2O3. The normalized spacial score (nSPS) is 16.2. The fourth-order valence-electron chi connectivity index (χ4n) is 2.66. The van der Waals surface area contributed by atoms with Crippen LogP contribution in [0.3, 0.4) is 0 Å². The summed E-state index contributed by atoms with van der Waals surface area (Å²) >= 11 is 0. The fraction of sp³-hybridized carbons (Fsp3) is 0.200. The van der Waals surface area contributed by atoms with E-state index in [2.05, 4.69) is 5.32 Å². The molecule has 1 N–H and O–H groups in total. The molecule has 3 rings (SSSR count). The van der Waals surface area contributed by atoms with Crippen LogP contribution >= 0.6 is 0 Å². The second-order valence-corrected chi connectivity index (χ2v) is 6.21. The molecule has 2 aromatic rings. The molecule has 0 aromatic heterocycles. The van der Waals surface area contributed by atoms with E-state index < -0.39 is 5.72 Å². The fourth-order valence-corrected chi connectivity index (χ4v) is 2.66. The van der Waals surface area contributed by atoms with Crippen LogP contribution in [0.25, 0.3) is 5.70 Å². The van der Waals surface area contributed by atoms with E-state index in [0.29, 0.717) is 28.3 Å². The third kappa shape index (κ3) is 3.48. The van der Waals surface area contributed by atoms with Crippen LogP contribution in [0.4, 0.5) is 0 Å². The number of nitrogens with zero attached hydrogens (tertiary/aromatic N) is 1. The molecule has 0 aliphatic carbocycles. The molecule has 1 aliphatic heterocycles. The quantitative estimate of drug-likeness (QED) is 0.687. The van der Waals surface area contributed by atoms with Crippen LogP contribution in [0.1, 0.15) is 35.3 Å². The average Bonchev–Trinajstić information content (AvgIpc) is 2.60. The molecule has 0 saturated heterocycles. The molecule has 0 amide bonds. The van der Waals surface area contributed by atoms with Crippen molar-refractivity contribution in [1.29, 1.82) is 5.26 Å². The van der Waals surface area contributed by atoms with Crippen molar-refractivity contribution in [3.63, 3.8) is 0 Å². The summed E-state index contributed by atoms with van der Waals surface area (Å²) in [6.07, 6.45) is 1.55. The number of ether oxygens (including phenoxy) is 2. The maximum atomic E-state index is 12.6. The highest BCUT2D eigenvalue weighted by atomic mass is 16.5. The lowest BCUT2D eigenvalue weighted by molar-refractivity contribution is 0.0815. The number of nitriles is 1. The van der Waals surface area contributed by atoms with Gasteiger partial charge in [0.05, 0.1) is 24.4 Å². The van der Waals surface area contributed by atoms with Gasteiger partial charge >= 0.3 is 0 Å². The van der Waals surface area contributed by atoms with E-state index in [1.165, 1.54) is 0 Å². The first-order valence-electron chi connectivity index (χ1n) is 7.84. The van der Waals surface area contributed by atoms with Gasteiger partial charge in [0.15, 0.2) is 11.5 Å². The first-order chi connectivity index (χ1) is 11.9. The van der Waals surface area contributed by atoms with Gasteiger partial charge in [-0.3, -0.25) is 4.79 Å². The molecule has 0 atom stereocenters. The summed E-state index contributed by atoms with van der Waals surface area (Å²) in [6, 6.07) is 14.1. The van der Waals surface area contributed by atoms with E-state index in [9.17, 15) is 4.79 Å². The van der Waals surface area contributed by atoms with E-state index in [4.69, 9.17) is 14.7 Å². The highest BCUT2D eigenvalue weighted by Crippen LogP contribution is 2.36. The third-order valence-corrected chi connectivity index (χ3v) is 3.85. The predicted octanol–water partition coefficient (Wildman–Crippen LogP) is 3.51. The van der Waals surface area contributed by atoms with Gasteiger partial charge in [-0.2, -0.15) is 5.26 Å². The molecule has 0 radical (unpaired) electrons. The molecule has 0 fully saturated rings. The summed E-state index contributed by atoms with van der Waals surface area (Å²) in [5, 5.41) is 12.1. The number of allylic oxidation sites excluding steroid dienone is 1. The van der Waals surface area contributed by atoms with E-state index >= 15 is 0 Å². The number of carbonyl (C=O) groups is 1. The number of ketones is 1. The lowest BCUT2D eigenvalue weighted by atomic mass is 10.0. The van der Waals surface area contributed by atoms with Gasteiger partial charge in [0, 0.05) is 17.2 Å². The zero-order valence-electron chi connectivity index (χ0n) is 14.3. The van der Waals surface area contributed by atoms with Gasteiger partial charge in [-0.1, -0.05) is 0 Å². The maximum absolute atomic E-state index is 12.6. The number of methoxy groups -OCH3 is 1. The Morgan fingerprint density at radius 2 is 1.96 bits per heavy atom. The molecule has 5 heteroatoms. The van der Waals surface area contributed by atoms with Gasteiger partial charge < -0.3 is 14.8 Å². The largest absolute Gasteiger partial charge is 0.497 e. The van der Waals surface area contributed by atoms with Crippen LogP contribution in [0.15, 0.2) is 48.5 Å². The minimum atomic E-state index is -0.641. The molecule has 126 valence electrons. The first kappa shape index (κ1) is 16.6. The van der Waals surface area contributed by atoms with E-state index in [1.807, 2.05) is 38.1 Å². The highest BCUT2D eigenvalue weighted by molar-refractivity contribution is 6.08. The molecule has 0 spiro atoms. The second kappa shape index (κ2) is 6.33. The van der Waals surface area contributed by atoms with Gasteiger partial charge in [-0.15, -0.1) is 0 Å². The van der Waals surface area contributed by atoms with Crippen LogP contribution in [0.5, 0.6) is 11.5 Å². The van der Waals surface area contributed by atoms with Crippen molar-refractivity contribution in [2.45, 2.75) is 19.6 Å². The summed E-state index contributed by atoms with van der Waals surface area (Å²) in [5.41, 5.74) is 1.82. The molecule has 0 saturated carbocycles. The van der Waals surface area contributed by atoms with Crippen LogP contribution in [0.2, 0.25) is 0 Å². The predicted molar refractivity (Wildman–Crippen MR) is 94.3 cm³/mol. The summed E-state index contributed by atoms with van der Waals surface area (Å²) in [5.74, 6) is 1.21. The zero-order valence-corrected chi connectivity index (χ0v) is 14.3. The molecular weight excluding hydrogens is 316 g/mol. The Bertz CT molecular complexity index is 890. The summed E-state index contributed by atoms with van der Waals surface area (Å²) in [4.78, 5) is 12.6. The van der Waals surface area contributed by atoms with Gasteiger partial charge in [0.1, 0.15) is 11.5 Å². The lowest BCUT2D eigenvalue weighted by Crippen LogP contribution is -2.46. The molecule has 0 unspecified atom stereocenters. The van der Waals surface area contributed by atoms with Gasteiger partial charge in [0.2, 0.25) is 0 Å². The molecule has 25 heavy (non-hydrogen) atoms. The Balaban J connectivity index is 2.01. The number of benzene rings is 2. The Morgan fingerprint density at radius 3 is 2.60 bits per heavy atom. The van der Waals surface area contributed by atoms with Crippen molar-refractivity contribution in [2.24, 2.45) is 0 Å². The van der Waals surface area contributed by atoms with Crippen LogP contribution in [-0.2, 0) is 0 Å². The van der Waals surface area contributed by atoms with Crippen LogP contribution in [-0.4, -0.2) is 18.6 Å². The third-order valence-electron chi connectivity index (χ3n) is 3.85. The second-order valence-electron chi connectivity index (χ2n) is 6.21. The topological polar surface area (TPSA) is 71.4 Å². The van der Waals surface area contributed by atoms with Crippen molar-refractivity contribution in [3.05, 3.63) is 65.2 Å². The van der Waals surface area contributed by atoms with Crippen molar-refractivity contribution in [2.75, 3.05) is 7.11 Å². The summed E-state index contributed by atoms with van der Waals surface area (Å²) in [7, 11) is 1.59. The van der Waals surface area contributed by atoms with Crippen molar-refractivity contribution in [1.82, 2.24) is 5.32 Å². The highest BCUT2D eigenvalue weighted by Gasteiger charge is 2.29. The summed E-state index contributed by atoms with van der Waals surface area (Å²) in [6.45, 7) is 3.78. The Kier molecular flexibility index (Phi) is 4.20. The zero-order chi connectivity index (χ0) is 18.0. The minimum Gasteiger partial charge on any atom is -0.497 e. The van der Waals surface area contributed by atoms with E-state index in [1.54, 1.807) is 37.5 Å². The SMILES string of the molecule is COc1ccc2c(c1)/C(=C/C(=O)c1ccc(C#N)cc1)NC(C)(C)O2. The van der Waals surface area contributed by atoms with Crippen molar-refractivity contribution >= 4 is 11.5 Å². The average molecular weight is 334 g/mol. The number of rotatable bonds is 3. The first-order valence-corrected chi connectivity index (χ1v) is 7.84. The molecule has 2 aromatic carbocycles. The van der Waals surface area contributed by atoms with Gasteiger partial charge in [-0.25, -0.2) is 0 Å². The number of nitrogens with one attached hydrogen (secondary N) is 1. The number of hydrogen-bond acceptors (Lipinski definition) is 5. The lowest BCUT2D eigenvalue weighted by Gasteiger charge is -2.36. The molecule has 1 heterocycles. The summed E-state index contributed by atoms with van der Waals surface area (Å²) < 4.78 is 11.2. The van der Waals surface area contributed by atoms with E-state index in [-0.39, 0.29) is 5.78 Å². The maximum Gasteiger partial charge on any atom is 0.187 e. The monoisotopic (exact) mass is 334 g/mol. The van der Waals surface area contributed by atoms with Crippen LogP contribution in [0, 0.1) is 11.3 Å². The Hall–Kier alpha value is -3.26. The number of hydrogen-bond donors (Lipinski definition) is 1. The molecule has 0 bridgehead atoms. The standard InChI is InChI=1S/C20H18N2O3/c1-20(2)22-17(16-10-15(24-3)8-9-19(16)25-20)11-18(23)14-6-4-13(12-21)5-7-14/h4-11,22H,1-3H3/b17-11-. The van der Waals surface area contributed by atoms with Crippen LogP contribution < -0.4 is 14.8 Å².